The number of rotatable bonds is 5. The summed E-state index contributed by atoms with van der Waals surface area (Å²) in [6, 6.07) is 7.89. The van der Waals surface area contributed by atoms with Crippen molar-refractivity contribution in [3.8, 4) is 0 Å². The predicted molar refractivity (Wildman–Crippen MR) is 103 cm³/mol. The molecule has 1 aromatic carbocycles. The first kappa shape index (κ1) is 19.7. The highest BCUT2D eigenvalue weighted by Crippen LogP contribution is 2.48. The minimum atomic E-state index is -0.277. The fraction of sp³-hybridized carbons (Fsp3) is 0.667. The SMILES string of the molecule is COCCC(=O)N[C@]1(C)C[C@H](c2cccc(Cl)c2)O[C@@H]2C[C@H](C)CC[C@H]21. The highest BCUT2D eigenvalue weighted by Gasteiger charge is 2.49. The Bertz CT molecular complexity index is 637. The topological polar surface area (TPSA) is 47.6 Å². The number of amides is 1. The molecule has 0 spiro atoms. The molecule has 5 heteroatoms. The van der Waals surface area contributed by atoms with E-state index in [0.717, 1.165) is 29.8 Å². The number of benzene rings is 1. The van der Waals surface area contributed by atoms with Crippen LogP contribution in [0.2, 0.25) is 5.02 Å². The molecule has 0 bridgehead atoms. The summed E-state index contributed by atoms with van der Waals surface area (Å²) in [6.45, 7) is 4.92. The third-order valence-electron chi connectivity index (χ3n) is 6.00. The highest BCUT2D eigenvalue weighted by atomic mass is 35.5. The van der Waals surface area contributed by atoms with Gasteiger partial charge in [-0.1, -0.05) is 37.1 Å². The standard InChI is InChI=1S/C21H30ClNO3/c1-14-7-8-17-18(11-14)26-19(15-5-4-6-16(22)12-15)13-21(17,2)23-20(24)9-10-25-3/h4-6,12,14,17-19H,7-11,13H2,1-3H3,(H,23,24)/t14-,17-,18-,19-,21-/m1/s1. The summed E-state index contributed by atoms with van der Waals surface area (Å²) in [6.07, 6.45) is 4.61. The van der Waals surface area contributed by atoms with Crippen LogP contribution in [0.25, 0.3) is 0 Å². The van der Waals surface area contributed by atoms with Gasteiger partial charge < -0.3 is 14.8 Å². The fourth-order valence-electron chi connectivity index (χ4n) is 4.63. The Morgan fingerprint density at radius 1 is 1.42 bits per heavy atom. The molecule has 144 valence electrons. The van der Waals surface area contributed by atoms with Gasteiger partial charge in [0.05, 0.1) is 18.8 Å². The largest absolute Gasteiger partial charge is 0.384 e. The lowest BCUT2D eigenvalue weighted by Gasteiger charge is -2.52. The number of ether oxygens (including phenoxy) is 2. The van der Waals surface area contributed by atoms with Crippen molar-refractivity contribution in [3.63, 3.8) is 0 Å². The van der Waals surface area contributed by atoms with Gasteiger partial charge in [0.15, 0.2) is 0 Å². The molecule has 1 aliphatic carbocycles. The summed E-state index contributed by atoms with van der Waals surface area (Å²) >= 11 is 6.20. The minimum absolute atomic E-state index is 0.0482. The molecule has 2 fully saturated rings. The van der Waals surface area contributed by atoms with Crippen molar-refractivity contribution in [2.24, 2.45) is 11.8 Å². The molecule has 1 aliphatic heterocycles. The van der Waals surface area contributed by atoms with Crippen LogP contribution in [0, 0.1) is 11.8 Å². The average molecular weight is 380 g/mol. The van der Waals surface area contributed by atoms with Crippen LogP contribution in [-0.2, 0) is 14.3 Å². The Morgan fingerprint density at radius 3 is 2.96 bits per heavy atom. The van der Waals surface area contributed by atoms with Crippen molar-refractivity contribution in [1.29, 1.82) is 0 Å². The van der Waals surface area contributed by atoms with E-state index in [4.69, 9.17) is 21.1 Å². The summed E-state index contributed by atoms with van der Waals surface area (Å²) in [7, 11) is 1.62. The molecule has 26 heavy (non-hydrogen) atoms. The Balaban J connectivity index is 1.83. The van der Waals surface area contributed by atoms with Gasteiger partial charge in [0.25, 0.3) is 0 Å². The molecular formula is C21H30ClNO3. The average Bonchev–Trinajstić information content (AvgIpc) is 2.59. The smallest absolute Gasteiger partial charge is 0.222 e. The number of halogens is 1. The third kappa shape index (κ3) is 4.41. The monoisotopic (exact) mass is 379 g/mol. The van der Waals surface area contributed by atoms with Crippen LogP contribution in [0.5, 0.6) is 0 Å². The molecule has 2 aliphatic rings. The van der Waals surface area contributed by atoms with Crippen molar-refractivity contribution in [1.82, 2.24) is 5.32 Å². The molecule has 1 saturated carbocycles. The molecule has 0 unspecified atom stereocenters. The lowest BCUT2D eigenvalue weighted by atomic mass is 9.66. The molecule has 1 aromatic rings. The predicted octanol–water partition coefficient (Wildman–Crippen LogP) is 4.52. The van der Waals surface area contributed by atoms with Crippen LogP contribution in [0.1, 0.15) is 57.6 Å². The first-order valence-electron chi connectivity index (χ1n) is 9.62. The van der Waals surface area contributed by atoms with Crippen LogP contribution >= 0.6 is 11.6 Å². The molecule has 1 N–H and O–H groups in total. The first-order chi connectivity index (χ1) is 12.4. The van der Waals surface area contributed by atoms with Crippen molar-refractivity contribution >= 4 is 17.5 Å². The van der Waals surface area contributed by atoms with Crippen molar-refractivity contribution in [2.45, 2.75) is 63.7 Å². The zero-order chi connectivity index (χ0) is 18.7. The molecule has 1 saturated heterocycles. The van der Waals surface area contributed by atoms with E-state index >= 15 is 0 Å². The maximum absolute atomic E-state index is 12.5. The Labute approximate surface area is 161 Å². The Kier molecular flexibility index (Phi) is 6.26. The number of carbonyl (C=O) groups is 1. The van der Waals surface area contributed by atoms with Gasteiger partial charge in [-0.2, -0.15) is 0 Å². The molecule has 1 heterocycles. The van der Waals surface area contributed by atoms with Gasteiger partial charge in [-0.15, -0.1) is 0 Å². The zero-order valence-corrected chi connectivity index (χ0v) is 16.7. The van der Waals surface area contributed by atoms with Crippen molar-refractivity contribution in [3.05, 3.63) is 34.9 Å². The molecule has 0 aromatic heterocycles. The Morgan fingerprint density at radius 2 is 2.23 bits per heavy atom. The van der Waals surface area contributed by atoms with Gasteiger partial charge in [-0.05, 0) is 43.4 Å². The lowest BCUT2D eigenvalue weighted by Crippen LogP contribution is -2.60. The number of methoxy groups -OCH3 is 1. The summed E-state index contributed by atoms with van der Waals surface area (Å²) in [5.74, 6) is 1.06. The molecule has 3 rings (SSSR count). The van der Waals surface area contributed by atoms with E-state index in [9.17, 15) is 4.79 Å². The molecule has 1 amide bonds. The lowest BCUT2D eigenvalue weighted by molar-refractivity contribution is -0.154. The van der Waals surface area contributed by atoms with E-state index in [1.807, 2.05) is 18.2 Å². The van der Waals surface area contributed by atoms with E-state index in [1.54, 1.807) is 7.11 Å². The number of nitrogens with one attached hydrogen (secondary N) is 1. The summed E-state index contributed by atoms with van der Waals surface area (Å²) in [5, 5.41) is 4.05. The van der Waals surface area contributed by atoms with Gasteiger partial charge in [0.2, 0.25) is 5.91 Å². The van der Waals surface area contributed by atoms with E-state index in [2.05, 4.69) is 25.2 Å². The number of hydrogen-bond donors (Lipinski definition) is 1. The van der Waals surface area contributed by atoms with Crippen LogP contribution in [0.3, 0.4) is 0 Å². The zero-order valence-electron chi connectivity index (χ0n) is 16.0. The van der Waals surface area contributed by atoms with E-state index < -0.39 is 0 Å². The van der Waals surface area contributed by atoms with E-state index in [0.29, 0.717) is 24.9 Å². The van der Waals surface area contributed by atoms with Gasteiger partial charge in [-0.25, -0.2) is 0 Å². The van der Waals surface area contributed by atoms with Crippen molar-refractivity contribution < 1.29 is 14.3 Å². The highest BCUT2D eigenvalue weighted by molar-refractivity contribution is 6.30. The van der Waals surface area contributed by atoms with Gasteiger partial charge >= 0.3 is 0 Å². The maximum atomic E-state index is 12.5. The second-order valence-electron chi connectivity index (χ2n) is 8.16. The van der Waals surface area contributed by atoms with E-state index in [1.165, 1.54) is 6.42 Å². The quantitative estimate of drug-likeness (QED) is 0.818. The van der Waals surface area contributed by atoms with Crippen LogP contribution in [0.4, 0.5) is 0 Å². The van der Waals surface area contributed by atoms with Gasteiger partial charge in [0.1, 0.15) is 0 Å². The third-order valence-corrected chi connectivity index (χ3v) is 6.23. The summed E-state index contributed by atoms with van der Waals surface area (Å²) < 4.78 is 11.6. The van der Waals surface area contributed by atoms with Crippen molar-refractivity contribution in [2.75, 3.05) is 13.7 Å². The van der Waals surface area contributed by atoms with Gasteiger partial charge in [0, 0.05) is 36.4 Å². The van der Waals surface area contributed by atoms with Gasteiger partial charge in [-0.3, -0.25) is 4.79 Å². The fourth-order valence-corrected chi connectivity index (χ4v) is 4.83. The normalized spacial score (nSPS) is 34.2. The molecule has 4 nitrogen and oxygen atoms in total. The van der Waals surface area contributed by atoms with Crippen LogP contribution in [0.15, 0.2) is 24.3 Å². The molecule has 0 radical (unpaired) electrons. The summed E-state index contributed by atoms with van der Waals surface area (Å²) in [5.41, 5.74) is 0.812. The number of carbonyl (C=O) groups excluding carboxylic acids is 1. The maximum Gasteiger partial charge on any atom is 0.222 e. The first-order valence-corrected chi connectivity index (χ1v) is 10.00. The van der Waals surface area contributed by atoms with Crippen LogP contribution < -0.4 is 5.32 Å². The van der Waals surface area contributed by atoms with E-state index in [-0.39, 0.29) is 23.7 Å². The second kappa shape index (κ2) is 8.28. The summed E-state index contributed by atoms with van der Waals surface area (Å²) in [4.78, 5) is 12.5. The molecule has 5 atom stereocenters. The Hall–Kier alpha value is -1.10. The minimum Gasteiger partial charge on any atom is -0.384 e. The number of fused-ring (bicyclic) bond motifs is 1. The second-order valence-corrected chi connectivity index (χ2v) is 8.59. The van der Waals surface area contributed by atoms with Crippen LogP contribution in [-0.4, -0.2) is 31.3 Å². The number of hydrogen-bond acceptors (Lipinski definition) is 3. The molecular weight excluding hydrogens is 350 g/mol.